The zero-order valence-electron chi connectivity index (χ0n) is 10.5. The van der Waals surface area contributed by atoms with Crippen LogP contribution in [0.25, 0.3) is 0 Å². The number of aromatic hydroxyl groups is 1. The molecule has 0 aromatic heterocycles. The number of nitrogens with zero attached hydrogens (tertiary/aromatic N) is 1. The number of non-ortho nitro benzene ring substituents is 1. The molecule has 2 rings (SSSR count). The number of benzene rings is 1. The highest BCUT2D eigenvalue weighted by atomic mass is 32.2. The number of nitro groups is 1. The summed E-state index contributed by atoms with van der Waals surface area (Å²) in [6.45, 7) is 0. The van der Waals surface area contributed by atoms with Crippen molar-refractivity contribution in [3.63, 3.8) is 0 Å². The van der Waals surface area contributed by atoms with Crippen LogP contribution in [0.5, 0.6) is 5.75 Å². The van der Waals surface area contributed by atoms with Gasteiger partial charge in [-0.15, -0.1) is 0 Å². The third-order valence-corrected chi connectivity index (χ3v) is 4.30. The summed E-state index contributed by atoms with van der Waals surface area (Å²) in [5, 5.41) is 26.8. The molecule has 0 bridgehead atoms. The highest BCUT2D eigenvalue weighted by molar-refractivity contribution is 7.94. The molecule has 21 heavy (non-hydrogen) atoms. The molecule has 1 aromatic carbocycles. The molecule has 112 valence electrons. The van der Waals surface area contributed by atoms with Crippen molar-refractivity contribution in [2.75, 3.05) is 11.1 Å². The van der Waals surface area contributed by atoms with E-state index in [-0.39, 0.29) is 28.0 Å². The van der Waals surface area contributed by atoms with Crippen LogP contribution in [0.4, 0.5) is 11.4 Å². The van der Waals surface area contributed by atoms with E-state index in [4.69, 9.17) is 12.2 Å². The third-order valence-electron chi connectivity index (χ3n) is 2.69. The van der Waals surface area contributed by atoms with Crippen molar-refractivity contribution in [2.24, 2.45) is 0 Å². The van der Waals surface area contributed by atoms with Gasteiger partial charge in [-0.05, 0) is 24.4 Å². The fourth-order valence-corrected chi connectivity index (χ4v) is 3.23. The van der Waals surface area contributed by atoms with Crippen molar-refractivity contribution in [1.82, 2.24) is 5.32 Å². The number of nitro benzene ring substituents is 1. The largest absolute Gasteiger partial charge is 0.506 e. The van der Waals surface area contributed by atoms with Crippen molar-refractivity contribution in [2.45, 2.75) is 6.04 Å². The summed E-state index contributed by atoms with van der Waals surface area (Å²) in [7, 11) is -3.19. The van der Waals surface area contributed by atoms with Crippen LogP contribution in [0.15, 0.2) is 29.7 Å². The quantitative estimate of drug-likeness (QED) is 0.324. The fraction of sp³-hybridized carbons (Fsp3) is 0.182. The Morgan fingerprint density at radius 1 is 1.48 bits per heavy atom. The number of phenols is 1. The number of phenolic OH excluding ortho intramolecular Hbond substituents is 1. The van der Waals surface area contributed by atoms with Gasteiger partial charge in [0, 0.05) is 11.5 Å². The predicted molar refractivity (Wildman–Crippen MR) is 80.8 cm³/mol. The minimum absolute atomic E-state index is 0.0962. The molecule has 8 nitrogen and oxygen atoms in total. The molecule has 0 saturated heterocycles. The second-order valence-electron chi connectivity index (χ2n) is 4.32. The Bertz CT molecular complexity index is 729. The van der Waals surface area contributed by atoms with E-state index in [1.807, 2.05) is 0 Å². The van der Waals surface area contributed by atoms with Gasteiger partial charge in [0.2, 0.25) is 0 Å². The van der Waals surface area contributed by atoms with Crippen molar-refractivity contribution in [3.05, 3.63) is 39.8 Å². The first-order valence-corrected chi connectivity index (χ1v) is 7.85. The van der Waals surface area contributed by atoms with Gasteiger partial charge < -0.3 is 15.7 Å². The summed E-state index contributed by atoms with van der Waals surface area (Å²) < 4.78 is 22.5. The Morgan fingerprint density at radius 2 is 2.19 bits per heavy atom. The maximum Gasteiger partial charge on any atom is 0.273 e. The van der Waals surface area contributed by atoms with Gasteiger partial charge in [-0.1, -0.05) is 0 Å². The average Bonchev–Trinajstić information content (AvgIpc) is 2.70. The molecule has 1 unspecified atom stereocenters. The predicted octanol–water partition coefficient (Wildman–Crippen LogP) is 0.897. The molecule has 3 N–H and O–H groups in total. The molecular formula is C11H11N3O5S2. The van der Waals surface area contributed by atoms with Gasteiger partial charge in [-0.2, -0.15) is 0 Å². The lowest BCUT2D eigenvalue weighted by Crippen LogP contribution is -2.38. The van der Waals surface area contributed by atoms with Gasteiger partial charge in [0.25, 0.3) is 5.69 Å². The number of thiocarbonyl (C=S) groups is 1. The summed E-state index contributed by atoms with van der Waals surface area (Å²) in [4.78, 5) is 9.92. The molecule has 1 aliphatic heterocycles. The van der Waals surface area contributed by atoms with Crippen LogP contribution in [-0.2, 0) is 9.84 Å². The number of hydrogen-bond acceptors (Lipinski definition) is 6. The summed E-state index contributed by atoms with van der Waals surface area (Å²) in [5.41, 5.74) is -0.0651. The van der Waals surface area contributed by atoms with E-state index < -0.39 is 20.8 Å². The van der Waals surface area contributed by atoms with Crippen molar-refractivity contribution < 1.29 is 18.4 Å². The van der Waals surface area contributed by atoms with Crippen LogP contribution in [-0.4, -0.2) is 35.4 Å². The average molecular weight is 329 g/mol. The highest BCUT2D eigenvalue weighted by Crippen LogP contribution is 2.27. The second kappa shape index (κ2) is 5.66. The fourth-order valence-electron chi connectivity index (χ4n) is 1.73. The minimum Gasteiger partial charge on any atom is -0.506 e. The van der Waals surface area contributed by atoms with Crippen molar-refractivity contribution >= 4 is 38.5 Å². The maximum absolute atomic E-state index is 11.2. The first kappa shape index (κ1) is 15.2. The SMILES string of the molecule is O=[N+]([O-])c1ccc(NC(=S)NC2C=CS(=O)(=O)C2)c(O)c1. The first-order valence-electron chi connectivity index (χ1n) is 5.73. The molecule has 0 amide bonds. The Hall–Kier alpha value is -2.20. The minimum atomic E-state index is -3.19. The third kappa shape index (κ3) is 3.89. The first-order chi connectivity index (χ1) is 9.77. The van der Waals surface area contributed by atoms with Crippen LogP contribution in [0, 0.1) is 10.1 Å². The van der Waals surface area contributed by atoms with Crippen LogP contribution >= 0.6 is 12.2 Å². The lowest BCUT2D eigenvalue weighted by Gasteiger charge is -2.14. The zero-order valence-corrected chi connectivity index (χ0v) is 12.1. The molecule has 0 saturated carbocycles. The second-order valence-corrected chi connectivity index (χ2v) is 6.66. The van der Waals surface area contributed by atoms with Gasteiger partial charge in [0.15, 0.2) is 14.9 Å². The lowest BCUT2D eigenvalue weighted by molar-refractivity contribution is -0.384. The normalized spacial score (nSPS) is 19.1. The van der Waals surface area contributed by atoms with Gasteiger partial charge in [-0.3, -0.25) is 10.1 Å². The lowest BCUT2D eigenvalue weighted by atomic mass is 10.2. The van der Waals surface area contributed by atoms with E-state index in [9.17, 15) is 23.6 Å². The molecule has 0 spiro atoms. The van der Waals surface area contributed by atoms with Crippen LogP contribution in [0.3, 0.4) is 0 Å². The van der Waals surface area contributed by atoms with E-state index in [1.54, 1.807) is 0 Å². The summed E-state index contributed by atoms with van der Waals surface area (Å²) >= 11 is 5.00. The summed E-state index contributed by atoms with van der Waals surface area (Å²) in [5.74, 6) is -0.427. The molecule has 1 aromatic rings. The Kier molecular flexibility index (Phi) is 4.09. The summed E-state index contributed by atoms with van der Waals surface area (Å²) in [6, 6.07) is 3.06. The highest BCUT2D eigenvalue weighted by Gasteiger charge is 2.22. The van der Waals surface area contributed by atoms with E-state index in [2.05, 4.69) is 10.6 Å². The van der Waals surface area contributed by atoms with Crippen LogP contribution in [0.1, 0.15) is 0 Å². The molecular weight excluding hydrogens is 318 g/mol. The van der Waals surface area contributed by atoms with Gasteiger partial charge in [0.1, 0.15) is 5.75 Å². The van der Waals surface area contributed by atoms with Crippen molar-refractivity contribution in [3.8, 4) is 5.75 Å². The van der Waals surface area contributed by atoms with E-state index in [0.29, 0.717) is 0 Å². The molecule has 0 radical (unpaired) electrons. The van der Waals surface area contributed by atoms with E-state index >= 15 is 0 Å². The molecule has 0 fully saturated rings. The Balaban J connectivity index is 2.00. The van der Waals surface area contributed by atoms with Crippen molar-refractivity contribution in [1.29, 1.82) is 0 Å². The van der Waals surface area contributed by atoms with Crippen LogP contribution < -0.4 is 10.6 Å². The molecule has 1 aliphatic rings. The maximum atomic E-state index is 11.2. The Labute approximate surface area is 125 Å². The van der Waals surface area contributed by atoms with Gasteiger partial charge in [-0.25, -0.2) is 8.42 Å². The topological polar surface area (TPSA) is 122 Å². The molecule has 10 heteroatoms. The standard InChI is InChI=1S/C11H11N3O5S2/c15-10-5-8(14(16)17)1-2-9(10)13-11(20)12-7-3-4-21(18,19)6-7/h1-5,7,15H,6H2,(H2,12,13,20). The number of anilines is 1. The van der Waals surface area contributed by atoms with E-state index in [0.717, 1.165) is 11.5 Å². The number of sulfone groups is 1. The number of nitrogens with one attached hydrogen (secondary N) is 2. The van der Waals surface area contributed by atoms with Crippen LogP contribution in [0.2, 0.25) is 0 Å². The molecule has 0 aliphatic carbocycles. The zero-order chi connectivity index (χ0) is 15.6. The Morgan fingerprint density at radius 3 is 2.71 bits per heavy atom. The molecule has 1 heterocycles. The summed E-state index contributed by atoms with van der Waals surface area (Å²) in [6.07, 6.45) is 1.47. The van der Waals surface area contributed by atoms with Gasteiger partial charge >= 0.3 is 0 Å². The van der Waals surface area contributed by atoms with E-state index in [1.165, 1.54) is 18.2 Å². The smallest absolute Gasteiger partial charge is 0.273 e. The molecule has 1 atom stereocenters. The number of rotatable bonds is 3. The van der Waals surface area contributed by atoms with Gasteiger partial charge in [0.05, 0.1) is 28.5 Å². The monoisotopic (exact) mass is 329 g/mol. The number of hydrogen-bond donors (Lipinski definition) is 3.